The van der Waals surface area contributed by atoms with E-state index in [0.717, 1.165) is 17.9 Å². The molecule has 1 aromatic heterocycles. The van der Waals surface area contributed by atoms with E-state index < -0.39 is 0 Å². The Morgan fingerprint density at radius 1 is 1.32 bits per heavy atom. The maximum absolute atomic E-state index is 12.2. The smallest absolute Gasteiger partial charge is 0.186 e. The van der Waals surface area contributed by atoms with E-state index >= 15 is 0 Å². The lowest BCUT2D eigenvalue weighted by Gasteiger charge is -2.17. The SMILES string of the molecule is COCCN(C)c1ccc(/C=C/C(=O)c2cc(C)c(O)c(O)c2)cn1. The molecule has 2 N–H and O–H groups in total. The molecule has 0 unspecified atom stereocenters. The second kappa shape index (κ2) is 8.30. The van der Waals surface area contributed by atoms with Crippen molar-refractivity contribution in [1.82, 2.24) is 4.98 Å². The second-order valence-electron chi connectivity index (χ2n) is 5.72. The van der Waals surface area contributed by atoms with Crippen molar-refractivity contribution in [3.63, 3.8) is 0 Å². The minimum atomic E-state index is -0.304. The summed E-state index contributed by atoms with van der Waals surface area (Å²) in [7, 11) is 3.58. The van der Waals surface area contributed by atoms with E-state index in [-0.39, 0.29) is 17.3 Å². The standard InChI is InChI=1S/C19H22N2O4/c1-13-10-15(11-17(23)19(13)24)16(22)6-4-14-5-7-18(20-12-14)21(2)8-9-25-3/h4-7,10-12,23-24H,8-9H2,1-3H3/b6-4+. The van der Waals surface area contributed by atoms with Crippen molar-refractivity contribution in [3.8, 4) is 11.5 Å². The van der Waals surface area contributed by atoms with Gasteiger partial charge in [-0.25, -0.2) is 4.98 Å². The number of carbonyl (C=O) groups excluding carboxylic acids is 1. The van der Waals surface area contributed by atoms with Crippen LogP contribution in [0.5, 0.6) is 11.5 Å². The summed E-state index contributed by atoms with van der Waals surface area (Å²) in [5, 5.41) is 19.2. The minimum Gasteiger partial charge on any atom is -0.504 e. The van der Waals surface area contributed by atoms with E-state index in [1.807, 2.05) is 24.1 Å². The lowest BCUT2D eigenvalue weighted by Crippen LogP contribution is -2.22. The van der Waals surface area contributed by atoms with Crippen LogP contribution in [0.1, 0.15) is 21.5 Å². The Labute approximate surface area is 147 Å². The van der Waals surface area contributed by atoms with E-state index in [9.17, 15) is 15.0 Å². The highest BCUT2D eigenvalue weighted by molar-refractivity contribution is 6.07. The molecule has 0 aliphatic rings. The molecule has 0 fully saturated rings. The van der Waals surface area contributed by atoms with Gasteiger partial charge in [-0.15, -0.1) is 0 Å². The number of allylic oxidation sites excluding steroid dienone is 1. The molecule has 0 amide bonds. The minimum absolute atomic E-state index is 0.210. The van der Waals surface area contributed by atoms with Crippen LogP contribution in [0, 0.1) is 6.92 Å². The number of benzene rings is 1. The van der Waals surface area contributed by atoms with E-state index in [1.165, 1.54) is 18.2 Å². The highest BCUT2D eigenvalue weighted by Gasteiger charge is 2.09. The van der Waals surface area contributed by atoms with Gasteiger partial charge in [0, 0.05) is 32.5 Å². The first-order chi connectivity index (χ1) is 11.9. The molecule has 0 bridgehead atoms. The summed E-state index contributed by atoms with van der Waals surface area (Å²) < 4.78 is 5.04. The van der Waals surface area contributed by atoms with Crippen LogP contribution in [0.25, 0.3) is 6.08 Å². The fourth-order valence-electron chi connectivity index (χ4n) is 2.24. The van der Waals surface area contributed by atoms with Crippen molar-refractivity contribution in [2.45, 2.75) is 6.92 Å². The number of aromatic nitrogens is 1. The zero-order valence-electron chi connectivity index (χ0n) is 14.6. The van der Waals surface area contributed by atoms with Crippen LogP contribution in [0.15, 0.2) is 36.5 Å². The first-order valence-corrected chi connectivity index (χ1v) is 7.83. The van der Waals surface area contributed by atoms with Gasteiger partial charge in [-0.3, -0.25) is 4.79 Å². The number of phenolic OH excluding ortho intramolecular Hbond substituents is 2. The number of hydrogen-bond acceptors (Lipinski definition) is 6. The second-order valence-corrected chi connectivity index (χ2v) is 5.72. The Balaban J connectivity index is 2.07. The van der Waals surface area contributed by atoms with Crippen molar-refractivity contribution in [3.05, 3.63) is 53.2 Å². The molecule has 1 heterocycles. The van der Waals surface area contributed by atoms with Crippen LogP contribution in [0.4, 0.5) is 5.82 Å². The quantitative estimate of drug-likeness (QED) is 0.457. The number of rotatable bonds is 7. The summed E-state index contributed by atoms with van der Waals surface area (Å²) in [5.74, 6) is 0.0408. The third-order valence-corrected chi connectivity index (χ3v) is 3.78. The highest BCUT2D eigenvalue weighted by atomic mass is 16.5. The van der Waals surface area contributed by atoms with E-state index in [1.54, 1.807) is 26.3 Å². The number of methoxy groups -OCH3 is 1. The summed E-state index contributed by atoms with van der Waals surface area (Å²) >= 11 is 0. The van der Waals surface area contributed by atoms with Gasteiger partial charge in [0.2, 0.25) is 0 Å². The van der Waals surface area contributed by atoms with Gasteiger partial charge in [-0.2, -0.15) is 0 Å². The van der Waals surface area contributed by atoms with Gasteiger partial charge in [-0.05, 0) is 54.5 Å². The fraction of sp³-hybridized carbons (Fsp3) is 0.263. The van der Waals surface area contributed by atoms with Gasteiger partial charge >= 0.3 is 0 Å². The van der Waals surface area contributed by atoms with Crippen LogP contribution in [0.3, 0.4) is 0 Å². The number of likely N-dealkylation sites (N-methyl/N-ethyl adjacent to an activating group) is 1. The van der Waals surface area contributed by atoms with Crippen molar-refractivity contribution in [2.24, 2.45) is 0 Å². The van der Waals surface area contributed by atoms with Crippen molar-refractivity contribution in [1.29, 1.82) is 0 Å². The van der Waals surface area contributed by atoms with Gasteiger partial charge in [-0.1, -0.05) is 0 Å². The molecule has 1 aromatic carbocycles. The first kappa shape index (κ1) is 18.5. The molecular formula is C19H22N2O4. The lowest BCUT2D eigenvalue weighted by molar-refractivity contribution is 0.104. The molecule has 6 nitrogen and oxygen atoms in total. The van der Waals surface area contributed by atoms with Gasteiger partial charge in [0.15, 0.2) is 17.3 Å². The maximum Gasteiger partial charge on any atom is 0.186 e. The normalized spacial score (nSPS) is 11.0. The highest BCUT2D eigenvalue weighted by Crippen LogP contribution is 2.29. The molecule has 0 atom stereocenters. The van der Waals surface area contributed by atoms with E-state index in [0.29, 0.717) is 17.7 Å². The average Bonchev–Trinajstić information content (AvgIpc) is 2.62. The number of pyridine rings is 1. The van der Waals surface area contributed by atoms with E-state index in [2.05, 4.69) is 4.98 Å². The molecule has 0 aliphatic carbocycles. The Morgan fingerprint density at radius 2 is 2.08 bits per heavy atom. The molecule has 0 saturated heterocycles. The number of phenols is 2. The molecule has 0 saturated carbocycles. The third kappa shape index (κ3) is 4.81. The topological polar surface area (TPSA) is 82.9 Å². The zero-order valence-corrected chi connectivity index (χ0v) is 14.6. The number of carbonyl (C=O) groups is 1. The maximum atomic E-state index is 12.2. The van der Waals surface area contributed by atoms with Crippen LogP contribution in [0.2, 0.25) is 0 Å². The van der Waals surface area contributed by atoms with Crippen LogP contribution in [-0.4, -0.2) is 48.3 Å². The molecular weight excluding hydrogens is 320 g/mol. The molecule has 0 aliphatic heterocycles. The number of aromatic hydroxyl groups is 2. The molecule has 25 heavy (non-hydrogen) atoms. The number of ether oxygens (including phenoxy) is 1. The van der Waals surface area contributed by atoms with Crippen LogP contribution < -0.4 is 4.90 Å². The predicted octanol–water partition coefficient (Wildman–Crippen LogP) is 2.78. The summed E-state index contributed by atoms with van der Waals surface area (Å²) in [5.41, 5.74) is 1.55. The number of hydrogen-bond donors (Lipinski definition) is 2. The number of aryl methyl sites for hydroxylation is 1. The molecule has 6 heteroatoms. The zero-order chi connectivity index (χ0) is 18.4. The third-order valence-electron chi connectivity index (χ3n) is 3.78. The first-order valence-electron chi connectivity index (χ1n) is 7.83. The van der Waals surface area contributed by atoms with Crippen LogP contribution >= 0.6 is 0 Å². The number of nitrogens with zero attached hydrogens (tertiary/aromatic N) is 2. The van der Waals surface area contributed by atoms with Gasteiger partial charge in [0.05, 0.1) is 6.61 Å². The van der Waals surface area contributed by atoms with Crippen molar-refractivity contribution < 1.29 is 19.7 Å². The summed E-state index contributed by atoms with van der Waals surface area (Å²) in [4.78, 5) is 18.5. The van der Waals surface area contributed by atoms with Crippen molar-refractivity contribution >= 4 is 17.7 Å². The molecule has 2 aromatic rings. The molecule has 2 rings (SSSR count). The fourth-order valence-corrected chi connectivity index (χ4v) is 2.24. The number of ketones is 1. The summed E-state index contributed by atoms with van der Waals surface area (Å²) in [6.07, 6.45) is 4.76. The van der Waals surface area contributed by atoms with Gasteiger partial charge in [0.1, 0.15) is 5.82 Å². The monoisotopic (exact) mass is 342 g/mol. The molecule has 0 spiro atoms. The van der Waals surface area contributed by atoms with Crippen LogP contribution in [-0.2, 0) is 4.74 Å². The summed E-state index contributed by atoms with van der Waals surface area (Å²) in [6, 6.07) is 6.53. The van der Waals surface area contributed by atoms with Crippen molar-refractivity contribution in [2.75, 3.05) is 32.2 Å². The molecule has 0 radical (unpaired) electrons. The average molecular weight is 342 g/mol. The molecule has 132 valence electrons. The number of anilines is 1. The van der Waals surface area contributed by atoms with E-state index in [4.69, 9.17) is 4.74 Å². The Kier molecular flexibility index (Phi) is 6.14. The Morgan fingerprint density at radius 3 is 2.68 bits per heavy atom. The largest absolute Gasteiger partial charge is 0.504 e. The van der Waals surface area contributed by atoms with Gasteiger partial charge < -0.3 is 19.8 Å². The predicted molar refractivity (Wildman–Crippen MR) is 97.3 cm³/mol. The Hall–Kier alpha value is -2.86. The summed E-state index contributed by atoms with van der Waals surface area (Å²) in [6.45, 7) is 2.98. The van der Waals surface area contributed by atoms with Gasteiger partial charge in [0.25, 0.3) is 0 Å². The Bertz CT molecular complexity index is 746. The lowest BCUT2D eigenvalue weighted by atomic mass is 10.1.